The zero-order chi connectivity index (χ0) is 16.8. The first-order chi connectivity index (χ1) is 11.0. The Morgan fingerprint density at radius 2 is 1.78 bits per heavy atom. The first-order valence-corrected chi connectivity index (χ1v) is 8.56. The van der Waals surface area contributed by atoms with Crippen molar-refractivity contribution >= 4 is 11.3 Å². The standard InChI is InChI=1S/C18H25NO3S/c1-13-8-9-23-18(13)12-19(10-14(2)20)11-15-16(21-3)6-5-7-17(15)22-4/h5-9,14,20H,10-12H2,1-4H3. The lowest BCUT2D eigenvalue weighted by molar-refractivity contribution is 0.117. The highest BCUT2D eigenvalue weighted by atomic mass is 32.1. The van der Waals surface area contributed by atoms with Gasteiger partial charge < -0.3 is 14.6 Å². The Morgan fingerprint density at radius 1 is 1.13 bits per heavy atom. The molecule has 1 N–H and O–H groups in total. The van der Waals surface area contributed by atoms with Crippen LogP contribution in [0.25, 0.3) is 0 Å². The Bertz CT molecular complexity index is 602. The van der Waals surface area contributed by atoms with Crippen molar-refractivity contribution in [2.45, 2.75) is 33.0 Å². The molecule has 0 saturated carbocycles. The molecule has 0 aliphatic carbocycles. The van der Waals surface area contributed by atoms with Crippen LogP contribution in [0.2, 0.25) is 0 Å². The summed E-state index contributed by atoms with van der Waals surface area (Å²) in [6, 6.07) is 7.93. The Kier molecular flexibility index (Phi) is 6.45. The Labute approximate surface area is 142 Å². The lowest BCUT2D eigenvalue weighted by Gasteiger charge is -2.25. The van der Waals surface area contributed by atoms with Crippen LogP contribution < -0.4 is 9.47 Å². The summed E-state index contributed by atoms with van der Waals surface area (Å²) in [7, 11) is 3.33. The number of ether oxygens (including phenoxy) is 2. The molecule has 1 atom stereocenters. The number of methoxy groups -OCH3 is 2. The number of aryl methyl sites for hydroxylation is 1. The van der Waals surface area contributed by atoms with Gasteiger partial charge in [-0.25, -0.2) is 0 Å². The molecule has 1 heterocycles. The highest BCUT2D eigenvalue weighted by molar-refractivity contribution is 7.10. The largest absolute Gasteiger partial charge is 0.496 e. The second kappa shape index (κ2) is 8.34. The minimum absolute atomic E-state index is 0.393. The second-order valence-electron chi connectivity index (χ2n) is 5.69. The third kappa shape index (κ3) is 4.70. The smallest absolute Gasteiger partial charge is 0.127 e. The van der Waals surface area contributed by atoms with Crippen molar-refractivity contribution in [2.75, 3.05) is 20.8 Å². The van der Waals surface area contributed by atoms with Crippen LogP contribution in [0, 0.1) is 6.92 Å². The van der Waals surface area contributed by atoms with Crippen LogP contribution in [0.3, 0.4) is 0 Å². The third-order valence-electron chi connectivity index (χ3n) is 3.77. The SMILES string of the molecule is COc1cccc(OC)c1CN(Cc1sccc1C)CC(C)O. The predicted molar refractivity (Wildman–Crippen MR) is 94.4 cm³/mol. The van der Waals surface area contributed by atoms with Crippen LogP contribution in [0.1, 0.15) is 22.9 Å². The zero-order valence-corrected chi connectivity index (χ0v) is 15.0. The number of nitrogens with zero attached hydrogens (tertiary/aromatic N) is 1. The van der Waals surface area contributed by atoms with E-state index in [1.807, 2.05) is 25.1 Å². The molecule has 4 nitrogen and oxygen atoms in total. The van der Waals surface area contributed by atoms with Gasteiger partial charge in [0, 0.05) is 24.5 Å². The minimum Gasteiger partial charge on any atom is -0.496 e. The van der Waals surface area contributed by atoms with Gasteiger partial charge in [0.05, 0.1) is 25.9 Å². The van der Waals surface area contributed by atoms with E-state index >= 15 is 0 Å². The summed E-state index contributed by atoms with van der Waals surface area (Å²) in [5.41, 5.74) is 2.30. The highest BCUT2D eigenvalue weighted by Gasteiger charge is 2.17. The van der Waals surface area contributed by atoms with Crippen molar-refractivity contribution in [1.29, 1.82) is 0 Å². The molecule has 0 aliphatic rings. The molecular weight excluding hydrogens is 310 g/mol. The predicted octanol–water partition coefficient (Wildman–Crippen LogP) is 3.46. The van der Waals surface area contributed by atoms with Crippen LogP contribution in [0.15, 0.2) is 29.6 Å². The molecule has 1 aromatic carbocycles. The number of thiophene rings is 1. The van der Waals surface area contributed by atoms with Crippen molar-refractivity contribution in [2.24, 2.45) is 0 Å². The first-order valence-electron chi connectivity index (χ1n) is 7.68. The van der Waals surface area contributed by atoms with Gasteiger partial charge in [-0.05, 0) is 43.0 Å². The van der Waals surface area contributed by atoms with Crippen LogP contribution in [-0.4, -0.2) is 36.9 Å². The summed E-state index contributed by atoms with van der Waals surface area (Å²) < 4.78 is 11.0. The fourth-order valence-corrected chi connectivity index (χ4v) is 3.58. The quantitative estimate of drug-likeness (QED) is 0.802. The fourth-order valence-electron chi connectivity index (χ4n) is 2.64. The summed E-state index contributed by atoms with van der Waals surface area (Å²) in [6.07, 6.45) is -0.393. The molecule has 0 saturated heterocycles. The van der Waals surface area contributed by atoms with E-state index < -0.39 is 6.10 Å². The van der Waals surface area contributed by atoms with Gasteiger partial charge in [-0.1, -0.05) is 6.07 Å². The van der Waals surface area contributed by atoms with Crippen LogP contribution in [0.4, 0.5) is 0 Å². The zero-order valence-electron chi connectivity index (χ0n) is 14.2. The van der Waals surface area contributed by atoms with E-state index in [4.69, 9.17) is 9.47 Å². The lowest BCUT2D eigenvalue weighted by atomic mass is 10.1. The summed E-state index contributed by atoms with van der Waals surface area (Å²) >= 11 is 1.75. The normalized spacial score (nSPS) is 12.4. The number of aliphatic hydroxyl groups excluding tert-OH is 1. The van der Waals surface area contributed by atoms with Crippen molar-refractivity contribution in [3.05, 3.63) is 45.6 Å². The maximum absolute atomic E-state index is 9.85. The van der Waals surface area contributed by atoms with Gasteiger partial charge in [-0.2, -0.15) is 0 Å². The van der Waals surface area contributed by atoms with E-state index in [9.17, 15) is 5.11 Å². The molecular formula is C18H25NO3S. The fraction of sp³-hybridized carbons (Fsp3) is 0.444. The molecule has 2 rings (SSSR count). The molecule has 2 aromatic rings. The molecule has 0 spiro atoms. The third-order valence-corrected chi connectivity index (χ3v) is 4.78. The molecule has 0 fully saturated rings. The van der Waals surface area contributed by atoms with Gasteiger partial charge in [0.1, 0.15) is 11.5 Å². The molecule has 0 radical (unpaired) electrons. The number of aliphatic hydroxyl groups is 1. The van der Waals surface area contributed by atoms with Gasteiger partial charge >= 0.3 is 0 Å². The van der Waals surface area contributed by atoms with Crippen molar-refractivity contribution in [1.82, 2.24) is 4.90 Å². The maximum atomic E-state index is 9.85. The van der Waals surface area contributed by atoms with Crippen molar-refractivity contribution < 1.29 is 14.6 Å². The van der Waals surface area contributed by atoms with E-state index in [2.05, 4.69) is 23.3 Å². The van der Waals surface area contributed by atoms with E-state index in [1.165, 1.54) is 10.4 Å². The maximum Gasteiger partial charge on any atom is 0.127 e. The first kappa shape index (κ1) is 17.8. The van der Waals surface area contributed by atoms with E-state index in [1.54, 1.807) is 25.6 Å². The van der Waals surface area contributed by atoms with Gasteiger partial charge in [-0.3, -0.25) is 4.90 Å². The highest BCUT2D eigenvalue weighted by Crippen LogP contribution is 2.30. The topological polar surface area (TPSA) is 41.9 Å². The molecule has 1 unspecified atom stereocenters. The second-order valence-corrected chi connectivity index (χ2v) is 6.69. The van der Waals surface area contributed by atoms with Crippen molar-refractivity contribution in [3.63, 3.8) is 0 Å². The van der Waals surface area contributed by atoms with Gasteiger partial charge in [0.25, 0.3) is 0 Å². The molecule has 23 heavy (non-hydrogen) atoms. The molecule has 126 valence electrons. The monoisotopic (exact) mass is 335 g/mol. The Hall–Kier alpha value is -1.56. The minimum atomic E-state index is -0.393. The van der Waals surface area contributed by atoms with E-state index in [0.717, 1.165) is 23.6 Å². The summed E-state index contributed by atoms with van der Waals surface area (Å²) in [5, 5.41) is 12.0. The van der Waals surface area contributed by atoms with Gasteiger partial charge in [0.2, 0.25) is 0 Å². The van der Waals surface area contributed by atoms with Crippen LogP contribution in [-0.2, 0) is 13.1 Å². The van der Waals surface area contributed by atoms with E-state index in [0.29, 0.717) is 13.1 Å². The van der Waals surface area contributed by atoms with Gasteiger partial charge in [-0.15, -0.1) is 11.3 Å². The number of benzene rings is 1. The van der Waals surface area contributed by atoms with E-state index in [-0.39, 0.29) is 0 Å². The average molecular weight is 335 g/mol. The van der Waals surface area contributed by atoms with Gasteiger partial charge in [0.15, 0.2) is 0 Å². The Balaban J connectivity index is 2.25. The van der Waals surface area contributed by atoms with Crippen LogP contribution >= 0.6 is 11.3 Å². The number of hydrogen-bond acceptors (Lipinski definition) is 5. The molecule has 5 heteroatoms. The summed E-state index contributed by atoms with van der Waals surface area (Å²) in [6.45, 7) is 5.99. The van der Waals surface area contributed by atoms with Crippen molar-refractivity contribution in [3.8, 4) is 11.5 Å². The summed E-state index contributed by atoms with van der Waals surface area (Å²) in [5.74, 6) is 1.62. The Morgan fingerprint density at radius 3 is 2.26 bits per heavy atom. The lowest BCUT2D eigenvalue weighted by Crippen LogP contribution is -2.30. The summed E-state index contributed by atoms with van der Waals surface area (Å²) in [4.78, 5) is 3.55. The molecule has 0 amide bonds. The molecule has 0 aliphatic heterocycles. The number of rotatable bonds is 8. The molecule has 1 aromatic heterocycles. The number of hydrogen-bond donors (Lipinski definition) is 1. The van der Waals surface area contributed by atoms with Crippen LogP contribution in [0.5, 0.6) is 11.5 Å². The average Bonchev–Trinajstić information content (AvgIpc) is 2.92. The molecule has 0 bridgehead atoms.